The molecule has 18 heavy (non-hydrogen) atoms. The van der Waals surface area contributed by atoms with Gasteiger partial charge in [0.25, 0.3) is 0 Å². The number of thiophene rings is 1. The summed E-state index contributed by atoms with van der Waals surface area (Å²) < 4.78 is 13.8. The van der Waals surface area contributed by atoms with E-state index in [4.69, 9.17) is 11.6 Å². The van der Waals surface area contributed by atoms with Crippen molar-refractivity contribution >= 4 is 38.9 Å². The van der Waals surface area contributed by atoms with Gasteiger partial charge in [0.15, 0.2) is 0 Å². The lowest BCUT2D eigenvalue weighted by molar-refractivity contribution is 0.182. The lowest BCUT2D eigenvalue weighted by atomic mass is 10.1. The quantitative estimate of drug-likeness (QED) is 0.836. The minimum Gasteiger partial charge on any atom is -0.387 e. The number of aryl methyl sites for hydroxylation is 1. The van der Waals surface area contributed by atoms with Gasteiger partial charge < -0.3 is 5.11 Å². The van der Waals surface area contributed by atoms with Crippen molar-refractivity contribution in [1.82, 2.24) is 0 Å². The first kappa shape index (κ1) is 14.0. The average Bonchev–Trinajstić information content (AvgIpc) is 2.66. The molecule has 0 spiro atoms. The van der Waals surface area contributed by atoms with E-state index in [0.717, 1.165) is 16.0 Å². The van der Waals surface area contributed by atoms with Gasteiger partial charge in [0.1, 0.15) is 5.82 Å². The highest BCUT2D eigenvalue weighted by Gasteiger charge is 2.17. The van der Waals surface area contributed by atoms with Crippen molar-refractivity contribution in [2.45, 2.75) is 19.4 Å². The molecule has 0 bridgehead atoms. The van der Waals surface area contributed by atoms with Gasteiger partial charge in [-0.3, -0.25) is 0 Å². The summed E-state index contributed by atoms with van der Waals surface area (Å²) in [7, 11) is 0. The van der Waals surface area contributed by atoms with Crippen molar-refractivity contribution in [3.8, 4) is 0 Å². The van der Waals surface area contributed by atoms with Crippen molar-refractivity contribution in [2.75, 3.05) is 0 Å². The Morgan fingerprint density at radius 2 is 2.22 bits per heavy atom. The topological polar surface area (TPSA) is 20.2 Å². The van der Waals surface area contributed by atoms with Crippen LogP contribution < -0.4 is 0 Å². The molecule has 2 rings (SSSR count). The minimum atomic E-state index is -0.714. The highest BCUT2D eigenvalue weighted by Crippen LogP contribution is 2.35. The molecule has 0 aliphatic heterocycles. The van der Waals surface area contributed by atoms with Gasteiger partial charge in [-0.1, -0.05) is 23.7 Å². The van der Waals surface area contributed by atoms with E-state index in [0.29, 0.717) is 15.9 Å². The summed E-state index contributed by atoms with van der Waals surface area (Å²) in [6, 6.07) is 4.79. The molecule has 0 amide bonds. The Labute approximate surface area is 122 Å². The zero-order valence-corrected chi connectivity index (χ0v) is 12.7. The first-order chi connectivity index (χ1) is 8.50. The predicted octanol–water partition coefficient (Wildman–Crippen LogP) is 4.89. The fourth-order valence-corrected chi connectivity index (χ4v) is 3.41. The second-order valence-electron chi connectivity index (χ2n) is 4.03. The number of aliphatic hydroxyl groups excluding tert-OH is 1. The van der Waals surface area contributed by atoms with Crippen LogP contribution >= 0.6 is 38.9 Å². The monoisotopic (exact) mass is 348 g/mol. The molecule has 1 nitrogen and oxygen atoms in total. The molecule has 0 fully saturated rings. The number of hydrogen-bond donors (Lipinski definition) is 1. The zero-order valence-electron chi connectivity index (χ0n) is 9.58. The van der Waals surface area contributed by atoms with Crippen molar-refractivity contribution < 1.29 is 9.50 Å². The Balaban J connectivity index is 2.24. The highest BCUT2D eigenvalue weighted by atomic mass is 79.9. The second-order valence-corrected chi connectivity index (χ2v) is 6.11. The Kier molecular flexibility index (Phi) is 4.43. The van der Waals surface area contributed by atoms with Crippen LogP contribution in [0.5, 0.6) is 0 Å². The molecule has 2 aromatic rings. The van der Waals surface area contributed by atoms with Gasteiger partial charge in [0, 0.05) is 6.42 Å². The maximum absolute atomic E-state index is 13.4. The normalized spacial score (nSPS) is 12.7. The molecular weight excluding hydrogens is 339 g/mol. The molecular formula is C13H11BrClFOS. The van der Waals surface area contributed by atoms with Crippen LogP contribution in [0.25, 0.3) is 0 Å². The van der Waals surface area contributed by atoms with Gasteiger partial charge >= 0.3 is 0 Å². The molecule has 1 heterocycles. The molecule has 1 atom stereocenters. The fourth-order valence-electron chi connectivity index (χ4n) is 1.68. The number of benzene rings is 1. The summed E-state index contributed by atoms with van der Waals surface area (Å²) in [5.41, 5.74) is 1.68. The molecule has 0 radical (unpaired) electrons. The third-order valence-electron chi connectivity index (χ3n) is 2.67. The maximum atomic E-state index is 13.4. The van der Waals surface area contributed by atoms with E-state index < -0.39 is 6.10 Å². The van der Waals surface area contributed by atoms with Crippen LogP contribution in [0.2, 0.25) is 5.02 Å². The van der Waals surface area contributed by atoms with Crippen molar-refractivity contribution in [2.24, 2.45) is 0 Å². The van der Waals surface area contributed by atoms with Crippen LogP contribution in [-0.4, -0.2) is 5.11 Å². The lowest BCUT2D eigenvalue weighted by Crippen LogP contribution is -2.02. The first-order valence-electron chi connectivity index (χ1n) is 5.35. The Hall–Kier alpha value is -0.420. The van der Waals surface area contributed by atoms with E-state index >= 15 is 0 Å². The van der Waals surface area contributed by atoms with E-state index in [2.05, 4.69) is 15.9 Å². The third-order valence-corrected chi connectivity index (χ3v) is 5.38. The molecule has 0 saturated heterocycles. The van der Waals surface area contributed by atoms with Gasteiger partial charge in [-0.15, -0.1) is 11.3 Å². The molecule has 1 N–H and O–H groups in total. The van der Waals surface area contributed by atoms with E-state index in [9.17, 15) is 9.50 Å². The maximum Gasteiger partial charge on any atom is 0.137 e. The predicted molar refractivity (Wildman–Crippen MR) is 76.8 cm³/mol. The number of aliphatic hydroxyl groups is 1. The van der Waals surface area contributed by atoms with Crippen LogP contribution in [0.1, 0.15) is 22.1 Å². The first-order valence-corrected chi connectivity index (χ1v) is 7.40. The van der Waals surface area contributed by atoms with Crippen LogP contribution in [-0.2, 0) is 6.42 Å². The number of hydrogen-bond acceptors (Lipinski definition) is 2. The molecule has 96 valence electrons. The molecule has 1 unspecified atom stereocenters. The van der Waals surface area contributed by atoms with Crippen molar-refractivity contribution in [3.63, 3.8) is 0 Å². The lowest BCUT2D eigenvalue weighted by Gasteiger charge is -2.11. The third kappa shape index (κ3) is 2.77. The molecule has 1 aromatic carbocycles. The Bertz CT molecular complexity index is 570. The van der Waals surface area contributed by atoms with Crippen LogP contribution in [0.4, 0.5) is 4.39 Å². The number of halogens is 3. The average molecular weight is 350 g/mol. The van der Waals surface area contributed by atoms with Gasteiger partial charge in [-0.2, -0.15) is 0 Å². The van der Waals surface area contributed by atoms with E-state index in [1.165, 1.54) is 17.4 Å². The van der Waals surface area contributed by atoms with Crippen molar-refractivity contribution in [1.29, 1.82) is 0 Å². The summed E-state index contributed by atoms with van der Waals surface area (Å²) in [6.07, 6.45) is -0.382. The second kappa shape index (κ2) is 5.70. The smallest absolute Gasteiger partial charge is 0.137 e. The standard InChI is InChI=1S/C13H11BrClFOS/c1-7-6-18-13(12(7)15)10(17)5-8-3-2-4-9(16)11(8)14/h2-4,6,10,17H,5H2,1H3. The molecule has 1 aromatic heterocycles. The van der Waals surface area contributed by atoms with Gasteiger partial charge in [0.2, 0.25) is 0 Å². The van der Waals surface area contributed by atoms with Gasteiger partial charge in [0.05, 0.1) is 20.5 Å². The largest absolute Gasteiger partial charge is 0.387 e. The van der Waals surface area contributed by atoms with Gasteiger partial charge in [-0.05, 0) is 45.4 Å². The molecule has 0 saturated carbocycles. The Morgan fingerprint density at radius 1 is 1.50 bits per heavy atom. The summed E-state index contributed by atoms with van der Waals surface area (Å²) in [6.45, 7) is 1.90. The Morgan fingerprint density at radius 3 is 2.83 bits per heavy atom. The minimum absolute atomic E-state index is 0.326. The number of rotatable bonds is 3. The van der Waals surface area contributed by atoms with Crippen LogP contribution in [0.15, 0.2) is 28.1 Å². The van der Waals surface area contributed by atoms with E-state index in [-0.39, 0.29) is 5.82 Å². The highest BCUT2D eigenvalue weighted by molar-refractivity contribution is 9.10. The molecule has 0 aliphatic carbocycles. The van der Waals surface area contributed by atoms with Gasteiger partial charge in [-0.25, -0.2) is 4.39 Å². The SMILES string of the molecule is Cc1csc(C(O)Cc2cccc(F)c2Br)c1Cl. The van der Waals surface area contributed by atoms with Crippen LogP contribution in [0, 0.1) is 12.7 Å². The summed E-state index contributed by atoms with van der Waals surface area (Å²) in [4.78, 5) is 0.727. The van der Waals surface area contributed by atoms with Crippen LogP contribution in [0.3, 0.4) is 0 Å². The summed E-state index contributed by atoms with van der Waals surface area (Å²) >= 11 is 10.7. The fraction of sp³-hybridized carbons (Fsp3) is 0.231. The van der Waals surface area contributed by atoms with E-state index in [1.54, 1.807) is 12.1 Å². The summed E-state index contributed by atoms with van der Waals surface area (Å²) in [5.74, 6) is -0.326. The molecule has 5 heteroatoms. The van der Waals surface area contributed by atoms with E-state index in [1.807, 2.05) is 12.3 Å². The zero-order chi connectivity index (χ0) is 13.3. The summed E-state index contributed by atoms with van der Waals surface area (Å²) in [5, 5.41) is 12.7. The van der Waals surface area contributed by atoms with Crippen molar-refractivity contribution in [3.05, 3.63) is 54.9 Å². The molecule has 0 aliphatic rings.